The first-order valence-electron chi connectivity index (χ1n) is 4.70. The van der Waals surface area contributed by atoms with Gasteiger partial charge in [-0.2, -0.15) is 13.2 Å². The quantitative estimate of drug-likeness (QED) is 0.713. The van der Waals surface area contributed by atoms with Crippen LogP contribution in [0.25, 0.3) is 0 Å². The number of aryl methyl sites for hydroxylation is 1. The lowest BCUT2D eigenvalue weighted by molar-refractivity contribution is -0.137. The van der Waals surface area contributed by atoms with E-state index in [-0.39, 0.29) is 0 Å². The number of halogens is 3. The van der Waals surface area contributed by atoms with E-state index in [0.29, 0.717) is 5.56 Å². The third kappa shape index (κ3) is 2.64. The molecule has 0 heterocycles. The molecule has 1 aromatic rings. The van der Waals surface area contributed by atoms with Crippen molar-refractivity contribution in [1.29, 1.82) is 0 Å². The predicted octanol–water partition coefficient (Wildman–Crippen LogP) is 3.17. The third-order valence-corrected chi connectivity index (χ3v) is 4.37. The van der Waals surface area contributed by atoms with Gasteiger partial charge in [-0.05, 0) is 18.2 Å². The zero-order valence-corrected chi connectivity index (χ0v) is 9.93. The first-order valence-corrected chi connectivity index (χ1v) is 6.35. The van der Waals surface area contributed by atoms with Gasteiger partial charge in [-0.25, -0.2) is 0 Å². The van der Waals surface area contributed by atoms with Crippen LogP contribution in [0.2, 0.25) is 0 Å². The molecular weight excluding hydrogens is 229 g/mol. The van der Waals surface area contributed by atoms with Crippen molar-refractivity contribution in [3.63, 3.8) is 0 Å². The van der Waals surface area contributed by atoms with Crippen LogP contribution in [0.3, 0.4) is 0 Å². The van der Waals surface area contributed by atoms with Crippen molar-refractivity contribution >= 4 is 14.0 Å². The molecule has 1 rings (SSSR count). The fourth-order valence-electron chi connectivity index (χ4n) is 1.47. The molecule has 4 heteroatoms. The second kappa shape index (κ2) is 4.70. The van der Waals surface area contributed by atoms with Crippen molar-refractivity contribution < 1.29 is 13.2 Å². The molecule has 0 saturated carbocycles. The third-order valence-electron chi connectivity index (χ3n) is 2.30. The topological polar surface area (TPSA) is 0 Å². The second-order valence-electron chi connectivity index (χ2n) is 3.39. The SMILES string of the molecule is C=C[Si](C=C)c1ccc(C(F)(F)F)cc1C. The van der Waals surface area contributed by atoms with Gasteiger partial charge in [0.1, 0.15) is 8.80 Å². The molecule has 1 aromatic carbocycles. The maximum Gasteiger partial charge on any atom is 0.416 e. The molecule has 0 aliphatic rings. The molecule has 0 aliphatic heterocycles. The molecule has 0 N–H and O–H groups in total. The largest absolute Gasteiger partial charge is 0.416 e. The number of rotatable bonds is 3. The molecule has 0 aromatic heterocycles. The highest BCUT2D eigenvalue weighted by Crippen LogP contribution is 2.29. The monoisotopic (exact) mass is 241 g/mol. The van der Waals surface area contributed by atoms with Crippen LogP contribution in [0.15, 0.2) is 42.8 Å². The van der Waals surface area contributed by atoms with E-state index in [4.69, 9.17) is 0 Å². The Morgan fingerprint density at radius 1 is 1.19 bits per heavy atom. The molecule has 0 aliphatic carbocycles. The van der Waals surface area contributed by atoms with Crippen LogP contribution >= 0.6 is 0 Å². The molecular formula is C12H12F3Si. The molecule has 85 valence electrons. The number of alkyl halides is 3. The first kappa shape index (κ1) is 12.8. The van der Waals surface area contributed by atoms with E-state index in [9.17, 15) is 13.2 Å². The van der Waals surface area contributed by atoms with Crippen LogP contribution in [0.4, 0.5) is 13.2 Å². The Morgan fingerprint density at radius 3 is 2.12 bits per heavy atom. The standard InChI is InChI=1S/C12H12F3Si/c1-4-16(5-2)11-7-6-10(8-9(11)3)12(13,14)15/h4-8H,1-2H2,3H3. The zero-order chi connectivity index (χ0) is 12.3. The van der Waals surface area contributed by atoms with Crippen molar-refractivity contribution in [1.82, 2.24) is 0 Å². The smallest absolute Gasteiger partial charge is 0.166 e. The van der Waals surface area contributed by atoms with Gasteiger partial charge < -0.3 is 0 Å². The summed E-state index contributed by atoms with van der Waals surface area (Å²) in [5.41, 5.74) is 3.55. The van der Waals surface area contributed by atoms with E-state index in [0.717, 1.165) is 11.3 Å². The fraction of sp³-hybridized carbons (Fsp3) is 0.167. The molecule has 0 nitrogen and oxygen atoms in total. The number of hydrogen-bond donors (Lipinski definition) is 0. The van der Waals surface area contributed by atoms with Crippen LogP contribution in [0.5, 0.6) is 0 Å². The van der Waals surface area contributed by atoms with Gasteiger partial charge in [0.2, 0.25) is 0 Å². The summed E-state index contributed by atoms with van der Waals surface area (Å²) < 4.78 is 37.3. The van der Waals surface area contributed by atoms with Crippen LogP contribution in [0.1, 0.15) is 11.1 Å². The van der Waals surface area contributed by atoms with E-state index in [1.165, 1.54) is 12.1 Å². The summed E-state index contributed by atoms with van der Waals surface area (Å²) in [5, 5.41) is 0.906. The second-order valence-corrected chi connectivity index (χ2v) is 5.66. The van der Waals surface area contributed by atoms with Gasteiger partial charge in [-0.15, -0.1) is 13.2 Å². The summed E-state index contributed by atoms with van der Waals surface area (Å²) >= 11 is 0. The summed E-state index contributed by atoms with van der Waals surface area (Å²) in [7, 11) is -1.13. The zero-order valence-electron chi connectivity index (χ0n) is 8.93. The van der Waals surface area contributed by atoms with Crippen molar-refractivity contribution in [3.8, 4) is 0 Å². The Hall–Kier alpha value is -1.29. The highest BCUT2D eigenvalue weighted by molar-refractivity contribution is 6.82. The van der Waals surface area contributed by atoms with Crippen LogP contribution < -0.4 is 5.19 Å². The molecule has 0 atom stereocenters. The summed E-state index contributed by atoms with van der Waals surface area (Å²) in [4.78, 5) is 0. The molecule has 0 bridgehead atoms. The van der Waals surface area contributed by atoms with E-state index in [1.54, 1.807) is 18.3 Å². The average molecular weight is 241 g/mol. The van der Waals surface area contributed by atoms with Gasteiger partial charge in [0.25, 0.3) is 0 Å². The lowest BCUT2D eigenvalue weighted by atomic mass is 10.1. The molecule has 0 spiro atoms. The van der Waals surface area contributed by atoms with E-state index in [1.807, 2.05) is 0 Å². The maximum atomic E-state index is 12.4. The minimum atomic E-state index is -4.28. The Kier molecular flexibility index (Phi) is 3.75. The number of benzene rings is 1. The van der Waals surface area contributed by atoms with Crippen LogP contribution in [0, 0.1) is 6.92 Å². The minimum Gasteiger partial charge on any atom is -0.166 e. The normalized spacial score (nSPS) is 11.6. The minimum absolute atomic E-state index is 0.608. The van der Waals surface area contributed by atoms with Gasteiger partial charge >= 0.3 is 6.18 Å². The molecule has 1 radical (unpaired) electrons. The lowest BCUT2D eigenvalue weighted by Crippen LogP contribution is -2.29. The Labute approximate surface area is 94.7 Å². The van der Waals surface area contributed by atoms with Crippen molar-refractivity contribution in [2.24, 2.45) is 0 Å². The number of hydrogen-bond acceptors (Lipinski definition) is 0. The average Bonchev–Trinajstić information content (AvgIpc) is 2.20. The van der Waals surface area contributed by atoms with Gasteiger partial charge in [0, 0.05) is 0 Å². The predicted molar refractivity (Wildman–Crippen MR) is 62.0 cm³/mol. The summed E-state index contributed by atoms with van der Waals surface area (Å²) in [6.07, 6.45) is -4.28. The molecule has 0 unspecified atom stereocenters. The highest BCUT2D eigenvalue weighted by Gasteiger charge is 2.30. The summed E-state index contributed by atoms with van der Waals surface area (Å²) in [6.45, 7) is 9.03. The first-order chi connectivity index (χ1) is 7.40. The molecule has 0 fully saturated rings. The Balaban J connectivity index is 3.19. The van der Waals surface area contributed by atoms with Gasteiger partial charge in [-0.1, -0.05) is 29.1 Å². The summed E-state index contributed by atoms with van der Waals surface area (Å²) in [5.74, 6) is 0. The molecule has 16 heavy (non-hydrogen) atoms. The summed E-state index contributed by atoms with van der Waals surface area (Å²) in [6, 6.07) is 3.81. The van der Waals surface area contributed by atoms with E-state index < -0.39 is 20.5 Å². The van der Waals surface area contributed by atoms with Crippen molar-refractivity contribution in [3.05, 3.63) is 53.9 Å². The fourth-order valence-corrected chi connectivity index (χ4v) is 2.88. The lowest BCUT2D eigenvalue weighted by Gasteiger charge is -2.13. The van der Waals surface area contributed by atoms with Gasteiger partial charge in [0.05, 0.1) is 5.56 Å². The Bertz CT molecular complexity index is 399. The Morgan fingerprint density at radius 2 is 1.75 bits per heavy atom. The van der Waals surface area contributed by atoms with Gasteiger partial charge in [-0.3, -0.25) is 0 Å². The van der Waals surface area contributed by atoms with E-state index in [2.05, 4.69) is 13.2 Å². The molecule has 0 amide bonds. The van der Waals surface area contributed by atoms with Crippen molar-refractivity contribution in [2.75, 3.05) is 0 Å². The van der Waals surface area contributed by atoms with E-state index >= 15 is 0 Å². The highest BCUT2D eigenvalue weighted by atomic mass is 28.3. The molecule has 0 saturated heterocycles. The van der Waals surface area contributed by atoms with Crippen LogP contribution in [-0.2, 0) is 6.18 Å². The van der Waals surface area contributed by atoms with Crippen LogP contribution in [-0.4, -0.2) is 8.80 Å². The maximum absolute atomic E-state index is 12.4. The van der Waals surface area contributed by atoms with Gasteiger partial charge in [0.15, 0.2) is 0 Å². The van der Waals surface area contributed by atoms with Crippen molar-refractivity contribution in [2.45, 2.75) is 13.1 Å².